The number of nitrogens with zero attached hydrogens (tertiary/aromatic N) is 2. The Bertz CT molecular complexity index is 473. The third-order valence-electron chi connectivity index (χ3n) is 2.97. The van der Waals surface area contributed by atoms with Crippen molar-refractivity contribution in [2.75, 3.05) is 38.3 Å². The maximum absolute atomic E-state index is 12.4. The molecular weight excluding hydrogens is 272 g/mol. The number of carboxylic acid groups (broad SMARTS) is 1. The number of aryl methyl sites for hydroxylation is 1. The van der Waals surface area contributed by atoms with E-state index in [0.717, 1.165) is 5.56 Å². The van der Waals surface area contributed by atoms with Crippen LogP contribution in [0.1, 0.15) is 12.5 Å². The number of likely N-dealkylation sites (N-methyl/N-ethyl adjacent to an activating group) is 1. The minimum absolute atomic E-state index is 0.360. The van der Waals surface area contributed by atoms with Gasteiger partial charge in [0.2, 0.25) is 0 Å². The number of carboxylic acids is 1. The lowest BCUT2D eigenvalue weighted by atomic mass is 10.2. The smallest absolute Gasteiger partial charge is 0.324 e. The summed E-state index contributed by atoms with van der Waals surface area (Å²) in [5.41, 5.74) is 1.61. The van der Waals surface area contributed by atoms with Crippen molar-refractivity contribution in [3.05, 3.63) is 29.8 Å². The highest BCUT2D eigenvalue weighted by Crippen LogP contribution is 2.16. The molecule has 0 spiro atoms. The first kappa shape index (κ1) is 17.0. The van der Waals surface area contributed by atoms with Gasteiger partial charge < -0.3 is 14.7 Å². The number of hydrogen-bond donors (Lipinski definition) is 1. The zero-order valence-corrected chi connectivity index (χ0v) is 12.7. The summed E-state index contributed by atoms with van der Waals surface area (Å²) < 4.78 is 5.21. The fourth-order valence-corrected chi connectivity index (χ4v) is 1.78. The average Bonchev–Trinajstić information content (AvgIpc) is 2.45. The molecule has 1 rings (SSSR count). The third kappa shape index (κ3) is 5.43. The molecule has 6 heteroatoms. The summed E-state index contributed by atoms with van der Waals surface area (Å²) >= 11 is 0. The topological polar surface area (TPSA) is 70.1 Å². The molecule has 1 N–H and O–H groups in total. The Morgan fingerprint density at radius 2 is 1.86 bits per heavy atom. The van der Waals surface area contributed by atoms with Crippen molar-refractivity contribution in [2.45, 2.75) is 13.8 Å². The van der Waals surface area contributed by atoms with Gasteiger partial charge in [-0.3, -0.25) is 9.69 Å². The number of hydrogen-bond acceptors (Lipinski definition) is 3. The van der Waals surface area contributed by atoms with Crippen LogP contribution in [-0.2, 0) is 9.53 Å². The lowest BCUT2D eigenvalue weighted by molar-refractivity contribution is -0.135. The van der Waals surface area contributed by atoms with E-state index in [9.17, 15) is 9.59 Å². The SMILES string of the molecule is CCOCCN(C)C(=O)N(CC(=O)O)c1ccc(C)cc1. The van der Waals surface area contributed by atoms with E-state index in [2.05, 4.69) is 0 Å². The average molecular weight is 294 g/mol. The Kier molecular flexibility index (Phi) is 6.68. The standard InChI is InChI=1S/C15H22N2O4/c1-4-21-10-9-16(3)15(20)17(11-14(18)19)13-7-5-12(2)6-8-13/h5-8H,4,9-11H2,1-3H3,(H,18,19). The van der Waals surface area contributed by atoms with E-state index in [4.69, 9.17) is 9.84 Å². The molecular formula is C15H22N2O4. The number of ether oxygens (including phenoxy) is 1. The van der Waals surface area contributed by atoms with Gasteiger partial charge in [-0.1, -0.05) is 17.7 Å². The van der Waals surface area contributed by atoms with Crippen molar-refractivity contribution in [1.82, 2.24) is 4.90 Å². The zero-order chi connectivity index (χ0) is 15.8. The molecule has 21 heavy (non-hydrogen) atoms. The van der Waals surface area contributed by atoms with Crippen LogP contribution in [0.3, 0.4) is 0 Å². The number of anilines is 1. The third-order valence-corrected chi connectivity index (χ3v) is 2.97. The molecule has 0 unspecified atom stereocenters. The second kappa shape index (κ2) is 8.26. The number of rotatable bonds is 7. The molecule has 1 aromatic carbocycles. The summed E-state index contributed by atoms with van der Waals surface area (Å²) in [6.45, 7) is 4.86. The predicted molar refractivity (Wildman–Crippen MR) is 80.7 cm³/mol. The van der Waals surface area contributed by atoms with Crippen LogP contribution in [0, 0.1) is 6.92 Å². The number of carbonyl (C=O) groups excluding carboxylic acids is 1. The molecule has 0 aliphatic rings. The monoisotopic (exact) mass is 294 g/mol. The Labute approximate surface area is 124 Å². The molecule has 0 saturated heterocycles. The molecule has 0 aliphatic heterocycles. The van der Waals surface area contributed by atoms with Gasteiger partial charge in [-0.2, -0.15) is 0 Å². The fraction of sp³-hybridized carbons (Fsp3) is 0.467. The summed E-state index contributed by atoms with van der Waals surface area (Å²) in [6, 6.07) is 6.81. The van der Waals surface area contributed by atoms with Gasteiger partial charge in [0.25, 0.3) is 0 Å². The number of carbonyl (C=O) groups is 2. The molecule has 0 fully saturated rings. The molecule has 0 saturated carbocycles. The molecule has 0 heterocycles. The second-order valence-corrected chi connectivity index (χ2v) is 4.72. The maximum Gasteiger partial charge on any atom is 0.324 e. The van der Waals surface area contributed by atoms with Crippen LogP contribution >= 0.6 is 0 Å². The van der Waals surface area contributed by atoms with E-state index in [1.54, 1.807) is 19.2 Å². The van der Waals surface area contributed by atoms with Crippen LogP contribution in [0.25, 0.3) is 0 Å². The van der Waals surface area contributed by atoms with E-state index in [1.165, 1.54) is 9.80 Å². The summed E-state index contributed by atoms with van der Waals surface area (Å²) in [4.78, 5) is 26.1. The van der Waals surface area contributed by atoms with Crippen molar-refractivity contribution in [2.24, 2.45) is 0 Å². The molecule has 0 aromatic heterocycles. The molecule has 6 nitrogen and oxygen atoms in total. The first-order valence-electron chi connectivity index (χ1n) is 6.84. The zero-order valence-electron chi connectivity index (χ0n) is 12.7. The van der Waals surface area contributed by atoms with Crippen LogP contribution < -0.4 is 4.90 Å². The minimum atomic E-state index is -1.05. The summed E-state index contributed by atoms with van der Waals surface area (Å²) in [5, 5.41) is 9.01. The molecule has 0 bridgehead atoms. The normalized spacial score (nSPS) is 10.2. The Hall–Kier alpha value is -2.08. The minimum Gasteiger partial charge on any atom is -0.480 e. The first-order valence-corrected chi connectivity index (χ1v) is 6.84. The molecule has 2 amide bonds. The molecule has 0 atom stereocenters. The van der Waals surface area contributed by atoms with Gasteiger partial charge in [0.05, 0.1) is 6.61 Å². The van der Waals surface area contributed by atoms with E-state index >= 15 is 0 Å². The second-order valence-electron chi connectivity index (χ2n) is 4.72. The van der Waals surface area contributed by atoms with Crippen molar-refractivity contribution < 1.29 is 19.4 Å². The molecule has 116 valence electrons. The predicted octanol–water partition coefficient (Wildman–Crippen LogP) is 1.97. The van der Waals surface area contributed by atoms with Gasteiger partial charge in [-0.25, -0.2) is 4.79 Å². The highest BCUT2D eigenvalue weighted by molar-refractivity contribution is 5.96. The van der Waals surface area contributed by atoms with E-state index in [0.29, 0.717) is 25.4 Å². The van der Waals surface area contributed by atoms with Gasteiger partial charge in [0, 0.05) is 25.9 Å². The summed E-state index contributed by atoms with van der Waals surface area (Å²) in [5.74, 6) is -1.05. The van der Waals surface area contributed by atoms with Crippen LogP contribution in [0.5, 0.6) is 0 Å². The molecule has 1 aromatic rings. The Morgan fingerprint density at radius 3 is 2.38 bits per heavy atom. The van der Waals surface area contributed by atoms with Gasteiger partial charge in [0.15, 0.2) is 0 Å². The lowest BCUT2D eigenvalue weighted by Gasteiger charge is -2.27. The van der Waals surface area contributed by atoms with E-state index < -0.39 is 5.97 Å². The number of amides is 2. The first-order chi connectivity index (χ1) is 9.95. The summed E-state index contributed by atoms with van der Waals surface area (Å²) in [6.07, 6.45) is 0. The van der Waals surface area contributed by atoms with Gasteiger partial charge >= 0.3 is 12.0 Å². The van der Waals surface area contributed by atoms with Crippen molar-refractivity contribution in [3.8, 4) is 0 Å². The van der Waals surface area contributed by atoms with Gasteiger partial charge in [-0.05, 0) is 26.0 Å². The quantitative estimate of drug-likeness (QED) is 0.781. The Balaban J connectivity index is 2.83. The highest BCUT2D eigenvalue weighted by atomic mass is 16.5. The van der Waals surface area contributed by atoms with Gasteiger partial charge in [-0.15, -0.1) is 0 Å². The molecule has 0 radical (unpaired) electrons. The van der Waals surface area contributed by atoms with E-state index in [-0.39, 0.29) is 12.6 Å². The van der Waals surface area contributed by atoms with Crippen molar-refractivity contribution >= 4 is 17.7 Å². The van der Waals surface area contributed by atoms with Crippen LogP contribution in [0.4, 0.5) is 10.5 Å². The van der Waals surface area contributed by atoms with Crippen LogP contribution in [0.2, 0.25) is 0 Å². The fourth-order valence-electron chi connectivity index (χ4n) is 1.78. The van der Waals surface area contributed by atoms with E-state index in [1.807, 2.05) is 26.0 Å². The van der Waals surface area contributed by atoms with Crippen molar-refractivity contribution in [1.29, 1.82) is 0 Å². The van der Waals surface area contributed by atoms with Gasteiger partial charge in [0.1, 0.15) is 6.54 Å². The Morgan fingerprint density at radius 1 is 1.24 bits per heavy atom. The van der Waals surface area contributed by atoms with Crippen LogP contribution in [0.15, 0.2) is 24.3 Å². The number of aliphatic carboxylic acids is 1. The van der Waals surface area contributed by atoms with Crippen molar-refractivity contribution in [3.63, 3.8) is 0 Å². The highest BCUT2D eigenvalue weighted by Gasteiger charge is 2.22. The number of urea groups is 1. The lowest BCUT2D eigenvalue weighted by Crippen LogP contribution is -2.45. The number of benzene rings is 1. The maximum atomic E-state index is 12.4. The molecule has 0 aliphatic carbocycles. The largest absolute Gasteiger partial charge is 0.480 e. The summed E-state index contributed by atoms with van der Waals surface area (Å²) in [7, 11) is 1.63. The van der Waals surface area contributed by atoms with Crippen LogP contribution in [-0.4, -0.2) is 55.4 Å².